The van der Waals surface area contributed by atoms with Crippen molar-refractivity contribution < 1.29 is 18.0 Å². The van der Waals surface area contributed by atoms with E-state index in [2.05, 4.69) is 5.32 Å². The Morgan fingerprint density at radius 3 is 2.50 bits per heavy atom. The summed E-state index contributed by atoms with van der Waals surface area (Å²) in [7, 11) is -3.31. The van der Waals surface area contributed by atoms with Crippen molar-refractivity contribution in [3.05, 3.63) is 64.7 Å². The van der Waals surface area contributed by atoms with Gasteiger partial charge in [0.25, 0.3) is 11.8 Å². The summed E-state index contributed by atoms with van der Waals surface area (Å²) in [5.41, 5.74) is 3.49. The van der Waals surface area contributed by atoms with E-state index in [0.717, 1.165) is 37.1 Å². The topological polar surface area (TPSA) is 86.8 Å². The van der Waals surface area contributed by atoms with Crippen molar-refractivity contribution >= 4 is 27.5 Å². The SMILES string of the molecule is CS(=O)(=O)N1CCc2cc(C(=O)NCc3cccc(C(=O)N4CCCC4)c3)ccc21. The summed E-state index contributed by atoms with van der Waals surface area (Å²) >= 11 is 0. The molecule has 0 saturated carbocycles. The Morgan fingerprint density at radius 2 is 1.77 bits per heavy atom. The van der Waals surface area contributed by atoms with Crippen LogP contribution >= 0.6 is 0 Å². The molecule has 2 aliphatic rings. The summed E-state index contributed by atoms with van der Waals surface area (Å²) in [5.74, 6) is -0.193. The van der Waals surface area contributed by atoms with Crippen molar-refractivity contribution in [1.82, 2.24) is 10.2 Å². The molecule has 0 aliphatic carbocycles. The van der Waals surface area contributed by atoms with Crippen molar-refractivity contribution in [2.45, 2.75) is 25.8 Å². The van der Waals surface area contributed by atoms with Crippen LogP contribution in [0.3, 0.4) is 0 Å². The first-order chi connectivity index (χ1) is 14.3. The first-order valence-corrected chi connectivity index (χ1v) is 11.9. The number of amides is 2. The fraction of sp³-hybridized carbons (Fsp3) is 0.364. The van der Waals surface area contributed by atoms with Crippen molar-refractivity contribution in [1.29, 1.82) is 0 Å². The van der Waals surface area contributed by atoms with Gasteiger partial charge in [-0.3, -0.25) is 13.9 Å². The van der Waals surface area contributed by atoms with E-state index < -0.39 is 10.0 Å². The number of nitrogens with zero attached hydrogens (tertiary/aromatic N) is 2. The highest BCUT2D eigenvalue weighted by atomic mass is 32.2. The molecule has 0 spiro atoms. The molecule has 0 unspecified atom stereocenters. The van der Waals surface area contributed by atoms with Crippen LogP contribution in [0.25, 0.3) is 0 Å². The Kier molecular flexibility index (Phi) is 5.51. The van der Waals surface area contributed by atoms with E-state index >= 15 is 0 Å². The smallest absolute Gasteiger partial charge is 0.253 e. The van der Waals surface area contributed by atoms with Crippen molar-refractivity contribution in [3.8, 4) is 0 Å². The molecule has 7 nitrogen and oxygen atoms in total. The Balaban J connectivity index is 1.42. The van der Waals surface area contributed by atoms with E-state index in [1.165, 1.54) is 10.6 Å². The van der Waals surface area contributed by atoms with E-state index in [9.17, 15) is 18.0 Å². The van der Waals surface area contributed by atoms with Gasteiger partial charge in [0.1, 0.15) is 0 Å². The third-order valence-electron chi connectivity index (χ3n) is 5.62. The molecule has 2 aliphatic heterocycles. The van der Waals surface area contributed by atoms with Crippen LogP contribution in [0.4, 0.5) is 5.69 Å². The lowest BCUT2D eigenvalue weighted by molar-refractivity contribution is 0.0792. The van der Waals surface area contributed by atoms with E-state index in [0.29, 0.717) is 36.3 Å². The predicted octanol–water partition coefficient (Wildman–Crippen LogP) is 2.17. The lowest BCUT2D eigenvalue weighted by Crippen LogP contribution is -2.28. The predicted molar refractivity (Wildman–Crippen MR) is 115 cm³/mol. The molecule has 158 valence electrons. The van der Waals surface area contributed by atoms with E-state index in [1.54, 1.807) is 24.3 Å². The molecule has 1 N–H and O–H groups in total. The van der Waals surface area contributed by atoms with Crippen LogP contribution in [0.5, 0.6) is 0 Å². The van der Waals surface area contributed by atoms with Gasteiger partial charge in [0.05, 0.1) is 11.9 Å². The number of likely N-dealkylation sites (tertiary alicyclic amines) is 1. The van der Waals surface area contributed by atoms with E-state index in [-0.39, 0.29) is 11.8 Å². The minimum Gasteiger partial charge on any atom is -0.348 e. The fourth-order valence-corrected chi connectivity index (χ4v) is 5.02. The number of rotatable bonds is 5. The summed E-state index contributed by atoms with van der Waals surface area (Å²) < 4.78 is 25.1. The van der Waals surface area contributed by atoms with Gasteiger partial charge in [-0.25, -0.2) is 8.42 Å². The fourth-order valence-electron chi connectivity index (χ4n) is 4.06. The summed E-state index contributed by atoms with van der Waals surface area (Å²) in [6.07, 6.45) is 3.86. The first kappa shape index (κ1) is 20.4. The van der Waals surface area contributed by atoms with Crippen LogP contribution < -0.4 is 9.62 Å². The Labute approximate surface area is 176 Å². The van der Waals surface area contributed by atoms with Crippen molar-refractivity contribution in [2.75, 3.05) is 30.2 Å². The number of sulfonamides is 1. The normalized spacial score (nSPS) is 15.9. The Bertz CT molecular complexity index is 1090. The number of hydrogen-bond donors (Lipinski definition) is 1. The second-order valence-electron chi connectivity index (χ2n) is 7.81. The van der Waals surface area contributed by atoms with Crippen molar-refractivity contribution in [2.24, 2.45) is 0 Å². The van der Waals surface area contributed by atoms with Gasteiger partial charge in [-0.15, -0.1) is 0 Å². The molecule has 0 bridgehead atoms. The zero-order valence-corrected chi connectivity index (χ0v) is 17.7. The molecule has 4 rings (SSSR count). The zero-order valence-electron chi connectivity index (χ0n) is 16.9. The number of nitrogens with one attached hydrogen (secondary N) is 1. The lowest BCUT2D eigenvalue weighted by Gasteiger charge is -2.16. The Morgan fingerprint density at radius 1 is 1.00 bits per heavy atom. The highest BCUT2D eigenvalue weighted by Gasteiger charge is 2.26. The van der Waals surface area contributed by atoms with Crippen molar-refractivity contribution in [3.63, 3.8) is 0 Å². The van der Waals surface area contributed by atoms with E-state index in [1.807, 2.05) is 23.1 Å². The summed E-state index contributed by atoms with van der Waals surface area (Å²) in [6.45, 7) is 2.31. The number of carbonyl (C=O) groups excluding carboxylic acids is 2. The van der Waals surface area contributed by atoms with Crippen LogP contribution in [0.2, 0.25) is 0 Å². The van der Waals surface area contributed by atoms with Gasteiger partial charge < -0.3 is 10.2 Å². The highest BCUT2D eigenvalue weighted by molar-refractivity contribution is 7.92. The van der Waals surface area contributed by atoms with Crippen LogP contribution in [0.15, 0.2) is 42.5 Å². The molecule has 0 atom stereocenters. The van der Waals surface area contributed by atoms with Gasteiger partial charge in [-0.05, 0) is 60.7 Å². The summed E-state index contributed by atoms with van der Waals surface area (Å²) in [6, 6.07) is 12.4. The molecular weight excluding hydrogens is 402 g/mol. The molecule has 0 aromatic heterocycles. The minimum absolute atomic E-state index is 0.0368. The monoisotopic (exact) mass is 427 g/mol. The molecule has 0 radical (unpaired) electrons. The van der Waals surface area contributed by atoms with Gasteiger partial charge >= 0.3 is 0 Å². The third kappa shape index (κ3) is 4.18. The van der Waals surface area contributed by atoms with Crippen LogP contribution in [0.1, 0.15) is 44.7 Å². The maximum Gasteiger partial charge on any atom is 0.253 e. The largest absolute Gasteiger partial charge is 0.348 e. The van der Waals surface area contributed by atoms with Gasteiger partial charge in [0.2, 0.25) is 10.0 Å². The number of fused-ring (bicyclic) bond motifs is 1. The highest BCUT2D eigenvalue weighted by Crippen LogP contribution is 2.30. The number of hydrogen-bond acceptors (Lipinski definition) is 4. The molecule has 30 heavy (non-hydrogen) atoms. The summed E-state index contributed by atoms with van der Waals surface area (Å²) in [4.78, 5) is 27.0. The van der Waals surface area contributed by atoms with Gasteiger partial charge in [-0.2, -0.15) is 0 Å². The minimum atomic E-state index is -3.31. The second-order valence-corrected chi connectivity index (χ2v) is 9.72. The standard InChI is InChI=1S/C22H25N3O4S/c1-30(28,29)25-12-9-17-14-18(7-8-20(17)25)21(26)23-15-16-5-4-6-19(13-16)22(27)24-10-2-3-11-24/h4-8,13-14H,2-3,9-12,15H2,1H3,(H,23,26). The zero-order chi connectivity index (χ0) is 21.3. The molecule has 2 aromatic rings. The van der Waals surface area contributed by atoms with Crippen LogP contribution in [-0.4, -0.2) is 51.0 Å². The lowest BCUT2D eigenvalue weighted by atomic mass is 10.1. The molecule has 2 amide bonds. The maximum atomic E-state index is 12.6. The third-order valence-corrected chi connectivity index (χ3v) is 6.80. The maximum absolute atomic E-state index is 12.6. The van der Waals surface area contributed by atoms with Gasteiger partial charge in [0.15, 0.2) is 0 Å². The average Bonchev–Trinajstić information content (AvgIpc) is 3.40. The number of carbonyl (C=O) groups is 2. The molecule has 2 aromatic carbocycles. The second kappa shape index (κ2) is 8.10. The molecule has 2 heterocycles. The van der Waals surface area contributed by atoms with E-state index in [4.69, 9.17) is 0 Å². The van der Waals surface area contributed by atoms with Crippen LogP contribution in [0, 0.1) is 0 Å². The number of anilines is 1. The number of benzene rings is 2. The Hall–Kier alpha value is -2.87. The summed E-state index contributed by atoms with van der Waals surface area (Å²) in [5, 5.41) is 2.89. The molecule has 8 heteroatoms. The molecule has 1 saturated heterocycles. The van der Waals surface area contributed by atoms with Crippen LogP contribution in [-0.2, 0) is 23.0 Å². The average molecular weight is 428 g/mol. The van der Waals surface area contributed by atoms with Gasteiger partial charge in [0, 0.05) is 37.3 Å². The van der Waals surface area contributed by atoms with Gasteiger partial charge in [-0.1, -0.05) is 12.1 Å². The first-order valence-electron chi connectivity index (χ1n) is 10.1. The molecular formula is C22H25N3O4S. The quantitative estimate of drug-likeness (QED) is 0.792. The molecule has 1 fully saturated rings.